The number of nitrogens with one attached hydrogen (secondary N) is 3. The van der Waals surface area contributed by atoms with E-state index in [1.165, 1.54) is 24.0 Å². The highest BCUT2D eigenvalue weighted by Gasteiger charge is 2.18. The van der Waals surface area contributed by atoms with Gasteiger partial charge < -0.3 is 10.6 Å². The van der Waals surface area contributed by atoms with Crippen LogP contribution >= 0.6 is 24.0 Å². The molecule has 0 aliphatic rings. The van der Waals surface area contributed by atoms with Gasteiger partial charge in [0, 0.05) is 39.1 Å². The average Bonchev–Trinajstić information content (AvgIpc) is 2.79. The normalized spacial score (nSPS) is 12.8. The third kappa shape index (κ3) is 8.71. The van der Waals surface area contributed by atoms with E-state index in [-0.39, 0.29) is 41.5 Å². The van der Waals surface area contributed by atoms with E-state index < -0.39 is 10.0 Å². The second kappa shape index (κ2) is 14.3. The van der Waals surface area contributed by atoms with Crippen LogP contribution in [0.15, 0.2) is 64.7 Å². The van der Waals surface area contributed by atoms with E-state index >= 15 is 0 Å². The number of hydrogen-bond donors (Lipinski definition) is 3. The Morgan fingerprint density at radius 2 is 1.77 bits per heavy atom. The molecule has 0 spiro atoms. The summed E-state index contributed by atoms with van der Waals surface area (Å²) < 4.78 is 27.0. The number of hydrogen-bond acceptors (Lipinski definition) is 5. The highest BCUT2D eigenvalue weighted by molar-refractivity contribution is 14.0. The predicted octanol–water partition coefficient (Wildman–Crippen LogP) is 2.23. The number of halogens is 1. The predicted molar refractivity (Wildman–Crippen MR) is 136 cm³/mol. The quantitative estimate of drug-likeness (QED) is 0.169. The zero-order valence-corrected chi connectivity index (χ0v) is 21.4. The van der Waals surface area contributed by atoms with E-state index in [4.69, 9.17) is 0 Å². The van der Waals surface area contributed by atoms with E-state index in [1.807, 2.05) is 18.2 Å². The monoisotopic (exact) mass is 560 g/mol. The number of pyridine rings is 1. The lowest BCUT2D eigenvalue weighted by Crippen LogP contribution is -2.45. The molecule has 0 saturated heterocycles. The summed E-state index contributed by atoms with van der Waals surface area (Å²) in [6.45, 7) is 7.52. The first-order valence-electron chi connectivity index (χ1n) is 10.1. The number of guanidine groups is 1. The Labute approximate surface area is 203 Å². The van der Waals surface area contributed by atoms with Crippen molar-refractivity contribution >= 4 is 40.0 Å². The molecule has 31 heavy (non-hydrogen) atoms. The Bertz CT molecular complexity index is 877. The number of benzene rings is 1. The summed E-state index contributed by atoms with van der Waals surface area (Å²) in [5.74, 6) is 0.628. The lowest BCUT2D eigenvalue weighted by molar-refractivity contribution is 0.219. The van der Waals surface area contributed by atoms with Crippen molar-refractivity contribution in [2.24, 2.45) is 4.99 Å². The minimum Gasteiger partial charge on any atom is -0.355 e. The number of rotatable bonds is 11. The van der Waals surface area contributed by atoms with Crippen LogP contribution in [0.3, 0.4) is 0 Å². The standard InChI is InChI=1S/C21H32N6O2S.HI/c1-4-27(5-2)20(18-10-7-6-8-11-18)17-25-21(22-3)24-14-15-26-30(28,29)19-12-9-13-23-16-19;/h6-13,16,20,26H,4-5,14-15,17H2,1-3H3,(H2,22,24,25);1H. The second-order valence-corrected chi connectivity index (χ2v) is 8.38. The van der Waals surface area contributed by atoms with Gasteiger partial charge in [-0.15, -0.1) is 24.0 Å². The molecule has 1 atom stereocenters. The Hall–Kier alpha value is -1.76. The SMILES string of the molecule is CCN(CC)C(CNC(=NC)NCCNS(=O)(=O)c1cccnc1)c1ccccc1.I. The number of likely N-dealkylation sites (N-methyl/N-ethyl adjacent to an activating group) is 1. The zero-order chi connectivity index (χ0) is 21.8. The molecule has 2 rings (SSSR count). The highest BCUT2D eigenvalue weighted by Crippen LogP contribution is 2.19. The first-order chi connectivity index (χ1) is 14.5. The van der Waals surface area contributed by atoms with Crippen LogP contribution in [0.2, 0.25) is 0 Å². The maximum Gasteiger partial charge on any atom is 0.242 e. The van der Waals surface area contributed by atoms with Gasteiger partial charge >= 0.3 is 0 Å². The smallest absolute Gasteiger partial charge is 0.242 e. The molecule has 3 N–H and O–H groups in total. The van der Waals surface area contributed by atoms with Crippen molar-refractivity contribution in [3.63, 3.8) is 0 Å². The molecule has 2 aromatic rings. The van der Waals surface area contributed by atoms with Crippen molar-refractivity contribution in [3.05, 3.63) is 60.4 Å². The molecule has 0 aliphatic carbocycles. The fraction of sp³-hybridized carbons (Fsp3) is 0.429. The molecular weight excluding hydrogens is 527 g/mol. The Balaban J connectivity index is 0.00000480. The van der Waals surface area contributed by atoms with Crippen molar-refractivity contribution in [2.75, 3.05) is 39.8 Å². The van der Waals surface area contributed by atoms with Crippen LogP contribution in [0, 0.1) is 0 Å². The number of nitrogens with zero attached hydrogens (tertiary/aromatic N) is 3. The molecule has 0 bridgehead atoms. The van der Waals surface area contributed by atoms with Gasteiger partial charge in [0.15, 0.2) is 5.96 Å². The van der Waals surface area contributed by atoms with Crippen LogP contribution in [-0.4, -0.2) is 64.0 Å². The highest BCUT2D eigenvalue weighted by atomic mass is 127. The van der Waals surface area contributed by atoms with Crippen molar-refractivity contribution in [3.8, 4) is 0 Å². The van der Waals surface area contributed by atoms with E-state index in [2.05, 4.69) is 56.2 Å². The lowest BCUT2D eigenvalue weighted by atomic mass is 10.1. The lowest BCUT2D eigenvalue weighted by Gasteiger charge is -2.30. The van der Waals surface area contributed by atoms with Gasteiger partial charge in [-0.05, 0) is 30.8 Å². The minimum atomic E-state index is -3.56. The van der Waals surface area contributed by atoms with Gasteiger partial charge in [-0.3, -0.25) is 14.9 Å². The van der Waals surface area contributed by atoms with Gasteiger partial charge in [0.1, 0.15) is 4.90 Å². The van der Waals surface area contributed by atoms with Crippen molar-refractivity contribution in [2.45, 2.75) is 24.8 Å². The zero-order valence-electron chi connectivity index (χ0n) is 18.3. The van der Waals surface area contributed by atoms with Gasteiger partial charge in [0.2, 0.25) is 10.0 Å². The van der Waals surface area contributed by atoms with Crippen LogP contribution in [0.4, 0.5) is 0 Å². The molecule has 0 saturated carbocycles. The number of aromatic nitrogens is 1. The summed E-state index contributed by atoms with van der Waals surface area (Å²) >= 11 is 0. The molecule has 1 heterocycles. The molecule has 0 fully saturated rings. The van der Waals surface area contributed by atoms with Gasteiger partial charge in [-0.2, -0.15) is 0 Å². The average molecular weight is 561 g/mol. The largest absolute Gasteiger partial charge is 0.355 e. The molecule has 1 aromatic heterocycles. The second-order valence-electron chi connectivity index (χ2n) is 6.61. The molecule has 8 nitrogen and oxygen atoms in total. The van der Waals surface area contributed by atoms with Gasteiger partial charge in [0.05, 0.1) is 6.04 Å². The Kier molecular flexibility index (Phi) is 12.6. The van der Waals surface area contributed by atoms with E-state index in [0.717, 1.165) is 13.1 Å². The molecule has 10 heteroatoms. The van der Waals surface area contributed by atoms with Crippen molar-refractivity contribution in [1.29, 1.82) is 0 Å². The first kappa shape index (κ1) is 27.3. The van der Waals surface area contributed by atoms with E-state index in [1.54, 1.807) is 13.1 Å². The van der Waals surface area contributed by atoms with Crippen LogP contribution in [0.1, 0.15) is 25.5 Å². The molecule has 1 unspecified atom stereocenters. The van der Waals surface area contributed by atoms with Crippen LogP contribution in [0.25, 0.3) is 0 Å². The van der Waals surface area contributed by atoms with Crippen LogP contribution in [-0.2, 0) is 10.0 Å². The summed E-state index contributed by atoms with van der Waals surface area (Å²) in [6.07, 6.45) is 2.87. The fourth-order valence-electron chi connectivity index (χ4n) is 3.17. The molecule has 0 radical (unpaired) electrons. The first-order valence-corrected chi connectivity index (χ1v) is 11.6. The van der Waals surface area contributed by atoms with Gasteiger partial charge in [0.25, 0.3) is 0 Å². The minimum absolute atomic E-state index is 0. The van der Waals surface area contributed by atoms with E-state index in [0.29, 0.717) is 19.0 Å². The molecule has 0 amide bonds. The fourth-order valence-corrected chi connectivity index (χ4v) is 4.16. The summed E-state index contributed by atoms with van der Waals surface area (Å²) in [6, 6.07) is 13.7. The molecule has 1 aromatic carbocycles. The molecule has 0 aliphatic heterocycles. The summed E-state index contributed by atoms with van der Waals surface area (Å²) in [7, 11) is -1.87. The maximum atomic E-state index is 12.2. The van der Waals surface area contributed by atoms with E-state index in [9.17, 15) is 8.42 Å². The summed E-state index contributed by atoms with van der Waals surface area (Å²) in [5, 5.41) is 6.51. The number of sulfonamides is 1. The van der Waals surface area contributed by atoms with Gasteiger partial charge in [-0.1, -0.05) is 44.2 Å². The summed E-state index contributed by atoms with van der Waals surface area (Å²) in [4.78, 5) is 10.6. The maximum absolute atomic E-state index is 12.2. The molecular formula is C21H33IN6O2S. The van der Waals surface area contributed by atoms with Crippen LogP contribution in [0.5, 0.6) is 0 Å². The third-order valence-corrected chi connectivity index (χ3v) is 6.22. The van der Waals surface area contributed by atoms with Crippen LogP contribution < -0.4 is 15.4 Å². The van der Waals surface area contributed by atoms with Gasteiger partial charge in [-0.25, -0.2) is 13.1 Å². The Morgan fingerprint density at radius 1 is 1.06 bits per heavy atom. The number of aliphatic imine (C=N–C) groups is 1. The topological polar surface area (TPSA) is 98.7 Å². The van der Waals surface area contributed by atoms with Crippen molar-refractivity contribution in [1.82, 2.24) is 25.2 Å². The molecule has 172 valence electrons. The Morgan fingerprint density at radius 3 is 2.35 bits per heavy atom. The summed E-state index contributed by atoms with van der Waals surface area (Å²) in [5.41, 5.74) is 1.24. The third-order valence-electron chi connectivity index (χ3n) is 4.78. The van der Waals surface area contributed by atoms with Crippen molar-refractivity contribution < 1.29 is 8.42 Å².